The van der Waals surface area contributed by atoms with Crippen LogP contribution in [0.5, 0.6) is 23.1 Å². The Balaban J connectivity index is 1.86. The Labute approximate surface area is 155 Å². The highest BCUT2D eigenvalue weighted by Crippen LogP contribution is 2.35. The number of urea groups is 1. The van der Waals surface area contributed by atoms with E-state index < -0.39 is 0 Å². The number of hydrogen-bond acceptors (Lipinski definition) is 6. The summed E-state index contributed by atoms with van der Waals surface area (Å²) in [5, 5.41) is 5.77. The Morgan fingerprint density at radius 1 is 1.07 bits per heavy atom. The smallest absolute Gasteiger partial charge is 0.323 e. The van der Waals surface area contributed by atoms with Gasteiger partial charge in [-0.25, -0.2) is 14.8 Å². The third-order valence-corrected chi connectivity index (χ3v) is 3.66. The summed E-state index contributed by atoms with van der Waals surface area (Å²) in [6.07, 6.45) is 2.72. The average Bonchev–Trinajstić information content (AvgIpc) is 2.68. The van der Waals surface area contributed by atoms with Crippen LogP contribution in [0.25, 0.3) is 10.9 Å². The van der Waals surface area contributed by atoms with Crippen molar-refractivity contribution in [3.05, 3.63) is 55.5 Å². The Bertz CT molecular complexity index is 973. The van der Waals surface area contributed by atoms with Crippen molar-refractivity contribution < 1.29 is 19.0 Å². The first kappa shape index (κ1) is 18.0. The molecule has 1 heterocycles. The van der Waals surface area contributed by atoms with Crippen molar-refractivity contribution in [2.75, 3.05) is 19.5 Å². The van der Waals surface area contributed by atoms with Gasteiger partial charge in [0.05, 0.1) is 25.1 Å². The summed E-state index contributed by atoms with van der Waals surface area (Å²) in [5.74, 6) is 2.06. The van der Waals surface area contributed by atoms with E-state index in [-0.39, 0.29) is 6.03 Å². The highest BCUT2D eigenvalue weighted by Gasteiger charge is 2.12. The van der Waals surface area contributed by atoms with Gasteiger partial charge in [-0.3, -0.25) is 0 Å². The van der Waals surface area contributed by atoms with Crippen LogP contribution in [0.15, 0.2) is 55.5 Å². The fourth-order valence-corrected chi connectivity index (χ4v) is 2.42. The molecular formula is C19H18N4O4. The summed E-state index contributed by atoms with van der Waals surface area (Å²) in [7, 11) is 3.12. The number of carbonyl (C=O) groups excluding carboxylic acids is 1. The van der Waals surface area contributed by atoms with Gasteiger partial charge in [-0.15, -0.1) is 0 Å². The molecule has 3 rings (SSSR count). The number of ether oxygens (including phenoxy) is 3. The van der Waals surface area contributed by atoms with Crippen molar-refractivity contribution in [2.24, 2.45) is 0 Å². The van der Waals surface area contributed by atoms with Gasteiger partial charge in [0.1, 0.15) is 12.1 Å². The van der Waals surface area contributed by atoms with E-state index in [9.17, 15) is 4.79 Å². The van der Waals surface area contributed by atoms with Crippen LogP contribution < -0.4 is 24.8 Å². The zero-order valence-corrected chi connectivity index (χ0v) is 14.9. The van der Waals surface area contributed by atoms with Crippen LogP contribution in [-0.2, 0) is 0 Å². The first-order valence-electron chi connectivity index (χ1n) is 7.97. The fraction of sp³-hybridized carbons (Fsp3) is 0.105. The van der Waals surface area contributed by atoms with Crippen LogP contribution >= 0.6 is 0 Å². The Kier molecular flexibility index (Phi) is 5.36. The highest BCUT2D eigenvalue weighted by molar-refractivity contribution is 5.90. The second-order valence-electron chi connectivity index (χ2n) is 5.33. The molecule has 27 heavy (non-hydrogen) atoms. The average molecular weight is 366 g/mol. The van der Waals surface area contributed by atoms with Crippen molar-refractivity contribution in [1.29, 1.82) is 0 Å². The van der Waals surface area contributed by atoms with Gasteiger partial charge in [0, 0.05) is 11.8 Å². The maximum Gasteiger partial charge on any atom is 0.323 e. The first-order valence-corrected chi connectivity index (χ1v) is 7.97. The Morgan fingerprint density at radius 2 is 1.78 bits per heavy atom. The first-order chi connectivity index (χ1) is 13.1. The molecule has 0 unspecified atom stereocenters. The highest BCUT2D eigenvalue weighted by atomic mass is 16.5. The van der Waals surface area contributed by atoms with Gasteiger partial charge in [-0.2, -0.15) is 0 Å². The van der Waals surface area contributed by atoms with Crippen molar-refractivity contribution in [1.82, 2.24) is 15.3 Å². The molecule has 8 nitrogen and oxygen atoms in total. The number of fused-ring (bicyclic) bond motifs is 1. The van der Waals surface area contributed by atoms with Gasteiger partial charge in [-0.1, -0.05) is 6.58 Å². The van der Waals surface area contributed by atoms with Crippen molar-refractivity contribution >= 4 is 22.6 Å². The topological polar surface area (TPSA) is 94.6 Å². The van der Waals surface area contributed by atoms with E-state index in [1.54, 1.807) is 50.6 Å². The number of hydrogen-bond donors (Lipinski definition) is 2. The number of amides is 2. The number of anilines is 1. The van der Waals surface area contributed by atoms with Gasteiger partial charge in [-0.05, 0) is 36.5 Å². The molecule has 0 atom stereocenters. The molecule has 0 aliphatic rings. The van der Waals surface area contributed by atoms with E-state index in [1.807, 2.05) is 0 Å². The lowest BCUT2D eigenvalue weighted by atomic mass is 10.2. The summed E-state index contributed by atoms with van der Waals surface area (Å²) < 4.78 is 16.5. The van der Waals surface area contributed by atoms with Crippen LogP contribution in [0.4, 0.5) is 10.5 Å². The molecule has 0 bridgehead atoms. The van der Waals surface area contributed by atoms with E-state index in [4.69, 9.17) is 14.2 Å². The molecule has 1 aromatic heterocycles. The van der Waals surface area contributed by atoms with E-state index in [0.717, 1.165) is 0 Å². The molecular weight excluding hydrogens is 348 g/mol. The van der Waals surface area contributed by atoms with Crippen molar-refractivity contribution in [2.45, 2.75) is 0 Å². The maximum atomic E-state index is 11.5. The summed E-state index contributed by atoms with van der Waals surface area (Å²) in [6.45, 7) is 3.43. The molecule has 2 N–H and O–H groups in total. The lowest BCUT2D eigenvalue weighted by Gasteiger charge is -2.11. The minimum atomic E-state index is -0.374. The number of carbonyl (C=O) groups is 1. The maximum absolute atomic E-state index is 11.5. The Hall–Kier alpha value is -3.81. The zero-order chi connectivity index (χ0) is 19.2. The van der Waals surface area contributed by atoms with Gasteiger partial charge >= 0.3 is 6.03 Å². The normalized spacial score (nSPS) is 10.1. The quantitative estimate of drug-likeness (QED) is 0.691. The number of benzene rings is 2. The van der Waals surface area contributed by atoms with Crippen LogP contribution in [0, 0.1) is 0 Å². The lowest BCUT2D eigenvalue weighted by molar-refractivity contribution is 0.255. The molecule has 0 radical (unpaired) electrons. The van der Waals surface area contributed by atoms with Crippen molar-refractivity contribution in [3.8, 4) is 23.1 Å². The molecule has 0 saturated heterocycles. The fourth-order valence-electron chi connectivity index (χ4n) is 2.42. The SMILES string of the molecule is C=CNC(=O)Nc1ccc(Oc2ncnc3cc(OC)c(OC)cc23)cc1. The summed E-state index contributed by atoms with van der Waals surface area (Å²) in [5.41, 5.74) is 1.28. The van der Waals surface area contributed by atoms with E-state index >= 15 is 0 Å². The molecule has 0 saturated carbocycles. The van der Waals surface area contributed by atoms with E-state index in [1.165, 1.54) is 12.5 Å². The molecule has 0 aliphatic carbocycles. The minimum absolute atomic E-state index is 0.374. The number of rotatable bonds is 6. The van der Waals surface area contributed by atoms with E-state index in [2.05, 4.69) is 27.2 Å². The van der Waals surface area contributed by atoms with Gasteiger partial charge in [0.2, 0.25) is 5.88 Å². The predicted octanol–water partition coefficient (Wildman–Crippen LogP) is 3.70. The van der Waals surface area contributed by atoms with Gasteiger partial charge in [0.25, 0.3) is 0 Å². The molecule has 3 aromatic rings. The standard InChI is InChI=1S/C19H18N4O4/c1-4-20-19(24)23-12-5-7-13(8-6-12)27-18-14-9-16(25-2)17(26-3)10-15(14)21-11-22-18/h4-11H,1H2,2-3H3,(H2,20,23,24). The molecule has 2 aromatic carbocycles. The van der Waals surface area contributed by atoms with E-state index in [0.29, 0.717) is 39.7 Å². The largest absolute Gasteiger partial charge is 0.493 e. The van der Waals surface area contributed by atoms with Crippen LogP contribution in [0.2, 0.25) is 0 Å². The number of nitrogens with one attached hydrogen (secondary N) is 2. The molecule has 0 fully saturated rings. The Morgan fingerprint density at radius 3 is 2.44 bits per heavy atom. The molecule has 0 aliphatic heterocycles. The lowest BCUT2D eigenvalue weighted by Crippen LogP contribution is -2.23. The molecule has 138 valence electrons. The van der Waals surface area contributed by atoms with Gasteiger partial charge in [0.15, 0.2) is 11.5 Å². The zero-order valence-electron chi connectivity index (χ0n) is 14.9. The number of aromatic nitrogens is 2. The van der Waals surface area contributed by atoms with Crippen LogP contribution in [-0.4, -0.2) is 30.2 Å². The molecule has 0 spiro atoms. The van der Waals surface area contributed by atoms with Gasteiger partial charge < -0.3 is 24.8 Å². The minimum Gasteiger partial charge on any atom is -0.493 e. The summed E-state index contributed by atoms with van der Waals surface area (Å²) in [6, 6.07) is 10.0. The third-order valence-electron chi connectivity index (χ3n) is 3.66. The predicted molar refractivity (Wildman–Crippen MR) is 102 cm³/mol. The summed E-state index contributed by atoms with van der Waals surface area (Å²) in [4.78, 5) is 19.9. The molecule has 8 heteroatoms. The summed E-state index contributed by atoms with van der Waals surface area (Å²) >= 11 is 0. The molecule has 2 amide bonds. The number of methoxy groups -OCH3 is 2. The van der Waals surface area contributed by atoms with Crippen molar-refractivity contribution in [3.63, 3.8) is 0 Å². The second-order valence-corrected chi connectivity index (χ2v) is 5.33. The third kappa shape index (κ3) is 4.06. The second kappa shape index (κ2) is 8.05. The van der Waals surface area contributed by atoms with Crippen LogP contribution in [0.1, 0.15) is 0 Å². The number of nitrogens with zero attached hydrogens (tertiary/aromatic N) is 2. The monoisotopic (exact) mass is 366 g/mol. The van der Waals surface area contributed by atoms with Crippen LogP contribution in [0.3, 0.4) is 0 Å².